The summed E-state index contributed by atoms with van der Waals surface area (Å²) >= 11 is 0. The highest BCUT2D eigenvalue weighted by molar-refractivity contribution is 7.92. The average molecular weight is 357 g/mol. The molecule has 0 saturated carbocycles. The van der Waals surface area contributed by atoms with Crippen LogP contribution in [-0.2, 0) is 20.2 Å². The third-order valence-corrected chi connectivity index (χ3v) is 5.36. The van der Waals surface area contributed by atoms with Crippen LogP contribution >= 0.6 is 0 Å². The van der Waals surface area contributed by atoms with Gasteiger partial charge in [-0.15, -0.1) is 0 Å². The second-order valence-electron chi connectivity index (χ2n) is 4.59. The smallest absolute Gasteiger partial charge is 0.263 e. The predicted molar refractivity (Wildman–Crippen MR) is 79.2 cm³/mol. The average Bonchev–Trinajstić information content (AvgIpc) is 2.35. The molecule has 7 nitrogen and oxygen atoms in total. The number of sulfonamides is 1. The number of nitrogens with zero attached hydrogens (tertiary/aromatic N) is 2. The van der Waals surface area contributed by atoms with E-state index in [2.05, 4.69) is 4.72 Å². The van der Waals surface area contributed by atoms with Crippen LogP contribution in [0.2, 0.25) is 0 Å². The van der Waals surface area contributed by atoms with E-state index in [1.165, 1.54) is 14.1 Å². The standard InChI is InChI=1S/C11H17F2N3O4S2/c1-15(2)22(19,20)14-7-8-16(21(3,17)18)11-9(12)5-4-6-10(11)13/h4-6,14H,7-8H2,1-3H3. The molecule has 22 heavy (non-hydrogen) atoms. The molecule has 0 spiro atoms. The van der Waals surface area contributed by atoms with Gasteiger partial charge in [0.15, 0.2) is 11.6 Å². The van der Waals surface area contributed by atoms with Crippen LogP contribution in [0.4, 0.5) is 14.5 Å². The predicted octanol–water partition coefficient (Wildman–Crippen LogP) is 0.127. The highest BCUT2D eigenvalue weighted by Gasteiger charge is 2.24. The minimum atomic E-state index is -4.00. The number of benzene rings is 1. The van der Waals surface area contributed by atoms with E-state index in [0.29, 0.717) is 4.31 Å². The molecule has 0 aliphatic carbocycles. The van der Waals surface area contributed by atoms with Crippen molar-refractivity contribution < 1.29 is 25.6 Å². The van der Waals surface area contributed by atoms with Crippen molar-refractivity contribution in [3.05, 3.63) is 29.8 Å². The van der Waals surface area contributed by atoms with Crippen LogP contribution in [0.5, 0.6) is 0 Å². The normalized spacial score (nSPS) is 12.6. The Morgan fingerprint density at radius 2 is 1.59 bits per heavy atom. The summed E-state index contributed by atoms with van der Waals surface area (Å²) in [4.78, 5) is 0. The molecule has 0 saturated heterocycles. The molecule has 1 aromatic carbocycles. The van der Waals surface area contributed by atoms with Crippen LogP contribution in [0.1, 0.15) is 0 Å². The fourth-order valence-corrected chi connectivity index (χ4v) is 3.11. The van der Waals surface area contributed by atoms with E-state index in [9.17, 15) is 25.6 Å². The van der Waals surface area contributed by atoms with E-state index in [1.54, 1.807) is 0 Å². The molecule has 0 bridgehead atoms. The van der Waals surface area contributed by atoms with Gasteiger partial charge in [0.25, 0.3) is 10.2 Å². The minimum Gasteiger partial charge on any atom is -0.263 e. The zero-order chi connectivity index (χ0) is 17.1. The fourth-order valence-electron chi connectivity index (χ4n) is 1.58. The highest BCUT2D eigenvalue weighted by atomic mass is 32.2. The monoisotopic (exact) mass is 357 g/mol. The zero-order valence-electron chi connectivity index (χ0n) is 12.2. The molecule has 0 fully saturated rings. The minimum absolute atomic E-state index is 0.346. The summed E-state index contributed by atoms with van der Waals surface area (Å²) in [6, 6.07) is 2.94. The Bertz CT molecular complexity index is 715. The van der Waals surface area contributed by atoms with Gasteiger partial charge in [-0.25, -0.2) is 21.9 Å². The lowest BCUT2D eigenvalue weighted by molar-refractivity contribution is 0.505. The molecule has 1 N–H and O–H groups in total. The Kier molecular flexibility index (Phi) is 5.84. The molecular formula is C11H17F2N3O4S2. The maximum Gasteiger partial charge on any atom is 0.278 e. The summed E-state index contributed by atoms with van der Waals surface area (Å²) in [5.74, 6) is -2.11. The Hall–Kier alpha value is -1.30. The topological polar surface area (TPSA) is 86.8 Å². The first kappa shape index (κ1) is 18.7. The summed E-state index contributed by atoms with van der Waals surface area (Å²) in [6.07, 6.45) is 0.777. The van der Waals surface area contributed by atoms with Gasteiger partial charge in [-0.3, -0.25) is 4.31 Å². The van der Waals surface area contributed by atoms with Crippen molar-refractivity contribution >= 4 is 25.9 Å². The van der Waals surface area contributed by atoms with Gasteiger partial charge in [-0.1, -0.05) is 6.07 Å². The van der Waals surface area contributed by atoms with Gasteiger partial charge in [0.1, 0.15) is 5.69 Å². The third kappa shape index (κ3) is 4.60. The third-order valence-electron chi connectivity index (χ3n) is 2.67. The molecule has 1 rings (SSSR count). The number of nitrogens with one attached hydrogen (secondary N) is 1. The Morgan fingerprint density at radius 3 is 2.00 bits per heavy atom. The molecule has 0 aliphatic rings. The van der Waals surface area contributed by atoms with Gasteiger partial charge in [0, 0.05) is 27.2 Å². The number of hydrogen-bond donors (Lipinski definition) is 1. The molecule has 0 unspecified atom stereocenters. The first-order valence-corrected chi connectivity index (χ1v) is 9.34. The van der Waals surface area contributed by atoms with Crippen LogP contribution in [0.3, 0.4) is 0 Å². The second kappa shape index (κ2) is 6.86. The van der Waals surface area contributed by atoms with Gasteiger partial charge in [-0.05, 0) is 12.1 Å². The number of hydrogen-bond acceptors (Lipinski definition) is 4. The van der Waals surface area contributed by atoms with Crippen molar-refractivity contribution in [3.63, 3.8) is 0 Å². The Morgan fingerprint density at radius 1 is 1.09 bits per heavy atom. The maximum absolute atomic E-state index is 13.7. The number of halogens is 2. The van der Waals surface area contributed by atoms with E-state index < -0.39 is 44.1 Å². The number of anilines is 1. The molecular weight excluding hydrogens is 340 g/mol. The molecule has 11 heteroatoms. The number of para-hydroxylation sites is 1. The van der Waals surface area contributed by atoms with Gasteiger partial charge in [0.05, 0.1) is 6.26 Å². The summed E-state index contributed by atoms with van der Waals surface area (Å²) in [5, 5.41) is 0. The van der Waals surface area contributed by atoms with Crippen LogP contribution in [0.15, 0.2) is 18.2 Å². The fraction of sp³-hybridized carbons (Fsp3) is 0.455. The lowest BCUT2D eigenvalue weighted by Gasteiger charge is -2.23. The SMILES string of the molecule is CN(C)S(=O)(=O)NCCN(c1c(F)cccc1F)S(C)(=O)=O. The molecule has 1 aromatic rings. The summed E-state index contributed by atoms with van der Waals surface area (Å²) in [6.45, 7) is -0.800. The van der Waals surface area contributed by atoms with Crippen molar-refractivity contribution in [1.82, 2.24) is 9.03 Å². The molecule has 0 aliphatic heterocycles. The first-order chi connectivity index (χ1) is 9.97. The molecule has 0 heterocycles. The first-order valence-electron chi connectivity index (χ1n) is 6.05. The van der Waals surface area contributed by atoms with E-state index >= 15 is 0 Å². The second-order valence-corrected chi connectivity index (χ2v) is 8.46. The van der Waals surface area contributed by atoms with Gasteiger partial charge in [-0.2, -0.15) is 12.7 Å². The van der Waals surface area contributed by atoms with Gasteiger partial charge in [0.2, 0.25) is 10.0 Å². The molecule has 0 radical (unpaired) electrons. The quantitative estimate of drug-likeness (QED) is 0.751. The van der Waals surface area contributed by atoms with E-state index in [0.717, 1.165) is 28.8 Å². The van der Waals surface area contributed by atoms with Crippen molar-refractivity contribution in [2.24, 2.45) is 0 Å². The van der Waals surface area contributed by atoms with Crippen LogP contribution < -0.4 is 9.03 Å². The van der Waals surface area contributed by atoms with E-state index in [1.807, 2.05) is 0 Å². The van der Waals surface area contributed by atoms with Crippen molar-refractivity contribution in [2.75, 3.05) is 37.7 Å². The van der Waals surface area contributed by atoms with Gasteiger partial charge < -0.3 is 0 Å². The molecule has 126 valence electrons. The van der Waals surface area contributed by atoms with Gasteiger partial charge >= 0.3 is 0 Å². The summed E-state index contributed by atoms with van der Waals surface area (Å²) in [5.41, 5.74) is -0.742. The molecule has 0 aromatic heterocycles. The maximum atomic E-state index is 13.7. The summed E-state index contributed by atoms with van der Waals surface area (Å²) in [7, 11) is -5.19. The Labute approximate surface area is 128 Å². The van der Waals surface area contributed by atoms with E-state index in [4.69, 9.17) is 0 Å². The lowest BCUT2D eigenvalue weighted by Crippen LogP contribution is -2.42. The van der Waals surface area contributed by atoms with Crippen molar-refractivity contribution in [2.45, 2.75) is 0 Å². The van der Waals surface area contributed by atoms with Crippen LogP contribution in [-0.4, -0.2) is 54.6 Å². The molecule has 0 amide bonds. The number of rotatable bonds is 7. The van der Waals surface area contributed by atoms with Crippen molar-refractivity contribution in [3.8, 4) is 0 Å². The van der Waals surface area contributed by atoms with E-state index in [-0.39, 0.29) is 6.54 Å². The highest BCUT2D eigenvalue weighted by Crippen LogP contribution is 2.24. The zero-order valence-corrected chi connectivity index (χ0v) is 13.9. The van der Waals surface area contributed by atoms with Crippen LogP contribution in [0.25, 0.3) is 0 Å². The summed E-state index contributed by atoms with van der Waals surface area (Å²) < 4.78 is 77.5. The lowest BCUT2D eigenvalue weighted by atomic mass is 10.3. The largest absolute Gasteiger partial charge is 0.278 e. The molecule has 0 atom stereocenters. The van der Waals surface area contributed by atoms with Crippen molar-refractivity contribution in [1.29, 1.82) is 0 Å². The van der Waals surface area contributed by atoms with Crippen LogP contribution in [0, 0.1) is 11.6 Å². The Balaban J connectivity index is 3.03.